The molecular weight excluding hydrogens is 258 g/mol. The van der Waals surface area contributed by atoms with E-state index in [2.05, 4.69) is 20.9 Å². The monoisotopic (exact) mass is 271 g/mol. The van der Waals surface area contributed by atoms with Crippen LogP contribution in [0.2, 0.25) is 0 Å². The molecule has 0 aliphatic heterocycles. The maximum absolute atomic E-state index is 11.7. The third-order valence-corrected chi connectivity index (χ3v) is 2.64. The predicted octanol–water partition coefficient (Wildman–Crippen LogP) is 2.68. The lowest BCUT2D eigenvalue weighted by Crippen LogP contribution is -2.32. The molecule has 0 N–H and O–H groups in total. The van der Waals surface area contributed by atoms with Crippen LogP contribution in [0.5, 0.6) is 0 Å². The van der Waals surface area contributed by atoms with E-state index >= 15 is 0 Å². The smallest absolute Gasteiger partial charge is 0.317 e. The van der Waals surface area contributed by atoms with Crippen LogP contribution in [0.15, 0.2) is 22.8 Å². The first-order valence-electron chi connectivity index (χ1n) is 4.77. The highest BCUT2D eigenvalue weighted by molar-refractivity contribution is 9.10. The molecule has 82 valence electrons. The van der Waals surface area contributed by atoms with Gasteiger partial charge in [-0.2, -0.15) is 0 Å². The fraction of sp³-hybridized carbons (Fsp3) is 0.455. The Balaban J connectivity index is 2.99. The van der Waals surface area contributed by atoms with Gasteiger partial charge in [-0.25, -0.2) is 0 Å². The molecule has 0 aromatic carbocycles. The molecule has 4 heteroatoms. The van der Waals surface area contributed by atoms with Gasteiger partial charge in [0, 0.05) is 10.7 Å². The second-order valence-electron chi connectivity index (χ2n) is 3.70. The van der Waals surface area contributed by atoms with E-state index in [1.807, 2.05) is 12.1 Å². The van der Waals surface area contributed by atoms with E-state index < -0.39 is 5.41 Å². The molecule has 1 aromatic rings. The Morgan fingerprint density at radius 2 is 2.27 bits per heavy atom. The van der Waals surface area contributed by atoms with E-state index in [0.29, 0.717) is 12.3 Å². The number of esters is 1. The molecule has 1 heterocycles. The summed E-state index contributed by atoms with van der Waals surface area (Å²) < 4.78 is 5.91. The minimum Gasteiger partial charge on any atom is -0.465 e. The lowest BCUT2D eigenvalue weighted by Gasteiger charge is -2.21. The Bertz CT molecular complexity index is 363. The average Bonchev–Trinajstić information content (AvgIpc) is 2.18. The molecule has 15 heavy (non-hydrogen) atoms. The molecule has 3 nitrogen and oxygen atoms in total. The topological polar surface area (TPSA) is 39.2 Å². The van der Waals surface area contributed by atoms with Crippen LogP contribution in [0, 0.1) is 0 Å². The van der Waals surface area contributed by atoms with Crippen LogP contribution in [0.25, 0.3) is 0 Å². The second kappa shape index (κ2) is 4.75. The Kier molecular flexibility index (Phi) is 3.85. The fourth-order valence-electron chi connectivity index (χ4n) is 1.16. The summed E-state index contributed by atoms with van der Waals surface area (Å²) in [5.74, 6) is -0.254. The van der Waals surface area contributed by atoms with Gasteiger partial charge >= 0.3 is 5.97 Å². The van der Waals surface area contributed by atoms with Crippen LogP contribution >= 0.6 is 15.9 Å². The predicted molar refractivity (Wildman–Crippen MR) is 61.6 cm³/mol. The Labute approximate surface area is 98.0 Å². The lowest BCUT2D eigenvalue weighted by atomic mass is 9.89. The number of carbonyl (C=O) groups is 1. The van der Waals surface area contributed by atoms with Crippen LogP contribution < -0.4 is 0 Å². The van der Waals surface area contributed by atoms with E-state index in [-0.39, 0.29) is 5.97 Å². The number of pyridine rings is 1. The lowest BCUT2D eigenvalue weighted by molar-refractivity contribution is -0.148. The summed E-state index contributed by atoms with van der Waals surface area (Å²) in [6.45, 7) is 5.79. The largest absolute Gasteiger partial charge is 0.465 e. The Morgan fingerprint density at radius 1 is 1.60 bits per heavy atom. The van der Waals surface area contributed by atoms with Gasteiger partial charge in [-0.1, -0.05) is 15.9 Å². The van der Waals surface area contributed by atoms with Crippen molar-refractivity contribution in [3.63, 3.8) is 0 Å². The van der Waals surface area contributed by atoms with Gasteiger partial charge in [-0.3, -0.25) is 9.78 Å². The number of nitrogens with zero attached hydrogens (tertiary/aromatic N) is 1. The Hall–Kier alpha value is -0.900. The maximum Gasteiger partial charge on any atom is 0.317 e. The maximum atomic E-state index is 11.7. The molecule has 0 aliphatic carbocycles. The van der Waals surface area contributed by atoms with Crippen molar-refractivity contribution in [1.82, 2.24) is 4.98 Å². The third kappa shape index (κ3) is 2.78. The zero-order valence-electron chi connectivity index (χ0n) is 9.08. The average molecular weight is 272 g/mol. The van der Waals surface area contributed by atoms with Crippen molar-refractivity contribution in [2.75, 3.05) is 6.61 Å². The molecule has 1 rings (SSSR count). The van der Waals surface area contributed by atoms with Crippen molar-refractivity contribution in [3.8, 4) is 0 Å². The molecule has 0 amide bonds. The number of ether oxygens (including phenoxy) is 1. The normalized spacial score (nSPS) is 11.2. The second-order valence-corrected chi connectivity index (χ2v) is 4.62. The van der Waals surface area contributed by atoms with Gasteiger partial charge in [0.2, 0.25) is 0 Å². The van der Waals surface area contributed by atoms with Crippen molar-refractivity contribution in [2.45, 2.75) is 26.2 Å². The first-order chi connectivity index (χ1) is 6.98. The molecule has 0 aliphatic rings. The van der Waals surface area contributed by atoms with E-state index in [4.69, 9.17) is 4.74 Å². The summed E-state index contributed by atoms with van der Waals surface area (Å²) in [6.07, 6.45) is 1.67. The van der Waals surface area contributed by atoms with Gasteiger partial charge in [0.1, 0.15) is 5.41 Å². The molecule has 0 fully saturated rings. The molecular formula is C11H14BrNO2. The summed E-state index contributed by atoms with van der Waals surface area (Å²) in [7, 11) is 0. The van der Waals surface area contributed by atoms with Gasteiger partial charge in [-0.05, 0) is 32.9 Å². The quantitative estimate of drug-likeness (QED) is 0.794. The van der Waals surface area contributed by atoms with E-state index in [1.165, 1.54) is 0 Å². The van der Waals surface area contributed by atoms with Crippen LogP contribution in [0.4, 0.5) is 0 Å². The third-order valence-electron chi connectivity index (χ3n) is 2.15. The first kappa shape index (κ1) is 12.2. The molecule has 0 radical (unpaired) electrons. The summed E-state index contributed by atoms with van der Waals surface area (Å²) in [4.78, 5) is 15.9. The van der Waals surface area contributed by atoms with Gasteiger partial charge in [0.15, 0.2) is 0 Å². The highest BCUT2D eigenvalue weighted by atomic mass is 79.9. The molecule has 0 atom stereocenters. The van der Waals surface area contributed by atoms with Crippen molar-refractivity contribution >= 4 is 21.9 Å². The van der Waals surface area contributed by atoms with Gasteiger partial charge in [0.25, 0.3) is 0 Å². The number of hydrogen-bond donors (Lipinski definition) is 0. The minimum atomic E-state index is -0.709. The number of carbonyl (C=O) groups excluding carboxylic acids is 1. The van der Waals surface area contributed by atoms with Crippen molar-refractivity contribution in [3.05, 3.63) is 28.5 Å². The van der Waals surface area contributed by atoms with E-state index in [1.54, 1.807) is 27.0 Å². The summed E-state index contributed by atoms with van der Waals surface area (Å²) >= 11 is 3.35. The number of hydrogen-bond acceptors (Lipinski definition) is 3. The van der Waals surface area contributed by atoms with E-state index in [9.17, 15) is 4.79 Å². The minimum absolute atomic E-state index is 0.254. The summed E-state index contributed by atoms with van der Waals surface area (Å²) in [5, 5.41) is 0. The van der Waals surface area contributed by atoms with E-state index in [0.717, 1.165) is 4.47 Å². The number of rotatable bonds is 3. The SMILES string of the molecule is CCOC(=O)C(C)(C)c1cc(Br)ccn1. The van der Waals surface area contributed by atoms with Crippen LogP contribution in [0.1, 0.15) is 26.5 Å². The van der Waals surface area contributed by atoms with Crippen LogP contribution in [-0.2, 0) is 14.9 Å². The van der Waals surface area contributed by atoms with Crippen molar-refractivity contribution in [2.24, 2.45) is 0 Å². The number of halogens is 1. The van der Waals surface area contributed by atoms with Gasteiger partial charge in [-0.15, -0.1) is 0 Å². The summed E-state index contributed by atoms with van der Waals surface area (Å²) in [6, 6.07) is 3.65. The summed E-state index contributed by atoms with van der Waals surface area (Å²) in [5.41, 5.74) is -0.00454. The highest BCUT2D eigenvalue weighted by Crippen LogP contribution is 2.24. The molecule has 0 bridgehead atoms. The van der Waals surface area contributed by atoms with Crippen LogP contribution in [-0.4, -0.2) is 17.6 Å². The van der Waals surface area contributed by atoms with Crippen molar-refractivity contribution in [1.29, 1.82) is 0 Å². The molecule has 1 aromatic heterocycles. The van der Waals surface area contributed by atoms with Crippen LogP contribution in [0.3, 0.4) is 0 Å². The van der Waals surface area contributed by atoms with Gasteiger partial charge in [0.05, 0.1) is 12.3 Å². The zero-order valence-corrected chi connectivity index (χ0v) is 10.7. The molecule has 0 spiro atoms. The van der Waals surface area contributed by atoms with Gasteiger partial charge < -0.3 is 4.74 Å². The Morgan fingerprint density at radius 3 is 2.80 bits per heavy atom. The zero-order chi connectivity index (χ0) is 11.5. The molecule has 0 saturated heterocycles. The molecule has 0 saturated carbocycles. The standard InChI is InChI=1S/C11H14BrNO2/c1-4-15-10(14)11(2,3)9-7-8(12)5-6-13-9/h5-7H,4H2,1-3H3. The molecule has 0 unspecified atom stereocenters. The highest BCUT2D eigenvalue weighted by Gasteiger charge is 2.32. The van der Waals surface area contributed by atoms with Crippen molar-refractivity contribution < 1.29 is 9.53 Å². The fourth-order valence-corrected chi connectivity index (χ4v) is 1.50. The number of aromatic nitrogens is 1. The first-order valence-corrected chi connectivity index (χ1v) is 5.57.